The molecule has 0 saturated heterocycles. The van der Waals surface area contributed by atoms with Gasteiger partial charge in [0.15, 0.2) is 0 Å². The van der Waals surface area contributed by atoms with Crippen molar-refractivity contribution in [2.45, 2.75) is 0 Å². The number of quaternary nitrogens is 1. The van der Waals surface area contributed by atoms with E-state index >= 15 is 0 Å². The number of rotatable bonds is 0. The van der Waals surface area contributed by atoms with E-state index in [-0.39, 0.29) is 33.4 Å². The molecule has 7 heavy (non-hydrogen) atoms. The van der Waals surface area contributed by atoms with Crippen LogP contribution in [0.25, 0.3) is 0 Å². The predicted molar refractivity (Wildman–Crippen MR) is 13.6 cm³/mol. The van der Waals surface area contributed by atoms with Gasteiger partial charge in [0.2, 0.25) is 0 Å². The Hall–Kier alpha value is 0.992. The summed E-state index contributed by atoms with van der Waals surface area (Å²) in [7, 11) is -5.39. The molecule has 0 saturated carbocycles. The van der Waals surface area contributed by atoms with E-state index < -0.39 is 7.82 Å². The molecular weight excluding hydrogens is 221 g/mol. The van der Waals surface area contributed by atoms with Crippen molar-refractivity contribution < 1.29 is 46.5 Å². The fourth-order valence-electron chi connectivity index (χ4n) is 0. The van der Waals surface area contributed by atoms with Gasteiger partial charge in [-0.2, -0.15) is 7.82 Å². The summed E-state index contributed by atoms with van der Waals surface area (Å²) in [6, 6.07) is 0. The Morgan fingerprint density at radius 2 is 1.14 bits per heavy atom. The molecule has 5 nitrogen and oxygen atoms in total. The van der Waals surface area contributed by atoms with Crippen LogP contribution in [0, 0.1) is 0 Å². The van der Waals surface area contributed by atoms with Gasteiger partial charge in [0.05, 0.1) is 0 Å². The van der Waals surface area contributed by atoms with Crippen molar-refractivity contribution in [3.8, 4) is 0 Å². The van der Waals surface area contributed by atoms with Crippen LogP contribution in [0.3, 0.4) is 0 Å². The first-order valence-electron chi connectivity index (χ1n) is 0.730. The van der Waals surface area contributed by atoms with E-state index in [1.807, 2.05) is 0 Å². The van der Waals surface area contributed by atoms with Gasteiger partial charge in [-0.05, 0) is 0 Å². The monoisotopic (exact) mass is 227 g/mol. The standard InChI is InChI=1S/Cd.H3N.H3O4P/c;;1-5(2,3)4/h;1H3;(H3,1,2,3,4)/q+2;;/p-2. The van der Waals surface area contributed by atoms with Crippen molar-refractivity contribution in [1.82, 2.24) is 6.15 Å². The number of hydrogen-bond acceptors (Lipinski definition) is 4. The zero-order valence-electron chi connectivity index (χ0n) is 3.79. The van der Waals surface area contributed by atoms with E-state index in [1.165, 1.54) is 0 Å². The molecule has 0 aromatic rings. The van der Waals surface area contributed by atoms with Gasteiger partial charge >= 0.3 is 27.3 Å². The minimum absolute atomic E-state index is 0. The summed E-state index contributed by atoms with van der Waals surface area (Å²) >= 11 is 0. The summed E-state index contributed by atoms with van der Waals surface area (Å²) in [5.74, 6) is 0. The zero-order chi connectivity index (χ0) is 4.50. The first-order chi connectivity index (χ1) is 2.00. The summed E-state index contributed by atoms with van der Waals surface area (Å²) in [6.45, 7) is 0. The third kappa shape index (κ3) is 177. The fraction of sp³-hybridized carbons (Fsp3) is 0. The van der Waals surface area contributed by atoms with Crippen molar-refractivity contribution in [3.05, 3.63) is 0 Å². The average molecular weight is 225 g/mol. The Morgan fingerprint density at radius 1 is 1.14 bits per heavy atom. The van der Waals surface area contributed by atoms with E-state index in [1.54, 1.807) is 0 Å². The van der Waals surface area contributed by atoms with Crippen LogP contribution in [-0.2, 0) is 31.9 Å². The summed E-state index contributed by atoms with van der Waals surface area (Å²) in [4.78, 5) is 25.6. The van der Waals surface area contributed by atoms with E-state index in [0.29, 0.717) is 0 Å². The van der Waals surface area contributed by atoms with Gasteiger partial charge in [-0.25, -0.2) is 0 Å². The molecule has 0 amide bonds. The minimum Gasteiger partial charge on any atom is -0.822 e. The van der Waals surface area contributed by atoms with E-state index in [9.17, 15) is 0 Å². The largest absolute Gasteiger partial charge is 2.00 e. The molecular formula is H4CdNO4P. The van der Waals surface area contributed by atoms with Gasteiger partial charge < -0.3 is 25.4 Å². The van der Waals surface area contributed by atoms with Crippen LogP contribution in [0.15, 0.2) is 0 Å². The fourth-order valence-corrected chi connectivity index (χ4v) is 0. The SMILES string of the molecule is O=P([O-])([O-])[O-].[Cd+2].[NH4+]. The molecule has 0 aromatic heterocycles. The summed E-state index contributed by atoms with van der Waals surface area (Å²) in [5, 5.41) is 0. The van der Waals surface area contributed by atoms with Gasteiger partial charge in [0.1, 0.15) is 0 Å². The van der Waals surface area contributed by atoms with Crippen LogP contribution in [0.4, 0.5) is 0 Å². The molecule has 0 fully saturated rings. The van der Waals surface area contributed by atoms with Gasteiger partial charge in [0, 0.05) is 0 Å². The second-order valence-corrected chi connectivity index (χ2v) is 1.34. The van der Waals surface area contributed by atoms with Crippen molar-refractivity contribution >= 4 is 7.82 Å². The van der Waals surface area contributed by atoms with Gasteiger partial charge in [-0.15, -0.1) is 0 Å². The average Bonchev–Trinajstić information content (AvgIpc) is 0.722. The van der Waals surface area contributed by atoms with Crippen LogP contribution in [0.2, 0.25) is 0 Å². The van der Waals surface area contributed by atoms with Crippen LogP contribution >= 0.6 is 7.82 Å². The second kappa shape index (κ2) is 5.14. The van der Waals surface area contributed by atoms with E-state index in [4.69, 9.17) is 19.2 Å². The third-order valence-corrected chi connectivity index (χ3v) is 0. The van der Waals surface area contributed by atoms with Gasteiger partial charge in [-0.1, -0.05) is 0 Å². The van der Waals surface area contributed by atoms with Crippen molar-refractivity contribution in [1.29, 1.82) is 0 Å². The maximum atomic E-state index is 8.55. The predicted octanol–water partition coefficient (Wildman–Crippen LogP) is -2.45. The zero-order valence-corrected chi connectivity index (χ0v) is 8.72. The molecule has 0 aliphatic rings. The quantitative estimate of drug-likeness (QED) is 0.363. The molecule has 0 bridgehead atoms. The molecule has 0 aliphatic carbocycles. The topological polar surface area (TPSA) is 123 Å². The Kier molecular flexibility index (Phi) is 11.5. The first kappa shape index (κ1) is 15.7. The van der Waals surface area contributed by atoms with Gasteiger partial charge in [0.25, 0.3) is 0 Å². The van der Waals surface area contributed by atoms with E-state index in [2.05, 4.69) is 0 Å². The maximum absolute atomic E-state index is 8.55. The van der Waals surface area contributed by atoms with Crippen LogP contribution in [0.5, 0.6) is 0 Å². The van der Waals surface area contributed by atoms with Crippen LogP contribution < -0.4 is 20.8 Å². The Labute approximate surface area is 60.7 Å². The molecule has 0 radical (unpaired) electrons. The molecule has 7 heteroatoms. The number of hydrogen-bond donors (Lipinski definition) is 1. The Balaban J connectivity index is -0.0000000800. The van der Waals surface area contributed by atoms with E-state index in [0.717, 1.165) is 0 Å². The van der Waals surface area contributed by atoms with Crippen molar-refractivity contribution in [2.24, 2.45) is 0 Å². The number of phosphoric acid groups is 1. The summed E-state index contributed by atoms with van der Waals surface area (Å²) in [6.07, 6.45) is 0. The van der Waals surface area contributed by atoms with Crippen LogP contribution in [-0.4, -0.2) is 0 Å². The molecule has 0 heterocycles. The minimum atomic E-state index is -5.39. The van der Waals surface area contributed by atoms with Crippen molar-refractivity contribution in [3.63, 3.8) is 0 Å². The molecule has 0 aromatic carbocycles. The molecule has 0 rings (SSSR count). The Bertz CT molecular complexity index is 57.8. The Morgan fingerprint density at radius 3 is 1.14 bits per heavy atom. The summed E-state index contributed by atoms with van der Waals surface area (Å²) in [5.41, 5.74) is 0. The molecule has 0 aliphatic heterocycles. The molecule has 0 spiro atoms. The summed E-state index contributed by atoms with van der Waals surface area (Å²) < 4.78 is 8.55. The third-order valence-electron chi connectivity index (χ3n) is 0. The van der Waals surface area contributed by atoms with Crippen LogP contribution in [0.1, 0.15) is 0 Å². The molecule has 0 atom stereocenters. The first-order valence-corrected chi connectivity index (χ1v) is 2.19. The van der Waals surface area contributed by atoms with Gasteiger partial charge in [-0.3, -0.25) is 0 Å². The molecule has 4 N–H and O–H groups in total. The maximum Gasteiger partial charge on any atom is 2.00 e. The second-order valence-electron chi connectivity index (χ2n) is 0.447. The van der Waals surface area contributed by atoms with Crippen molar-refractivity contribution in [2.75, 3.05) is 0 Å². The smallest absolute Gasteiger partial charge is 0.822 e. The normalized spacial score (nSPS) is 8.43. The molecule has 0 unspecified atom stereocenters. The molecule has 40 valence electrons.